The second-order valence-corrected chi connectivity index (χ2v) is 7.18. The molecule has 0 radical (unpaired) electrons. The first-order valence-corrected chi connectivity index (χ1v) is 9.83. The first kappa shape index (κ1) is 19.1. The van der Waals surface area contributed by atoms with Gasteiger partial charge in [0, 0.05) is 18.4 Å². The number of nitrogens with one attached hydrogen (secondary N) is 1. The van der Waals surface area contributed by atoms with Crippen LogP contribution in [-0.4, -0.2) is 33.4 Å². The van der Waals surface area contributed by atoms with Crippen molar-refractivity contribution in [2.45, 2.75) is 32.4 Å². The van der Waals surface area contributed by atoms with E-state index in [9.17, 15) is 4.79 Å². The maximum absolute atomic E-state index is 13.0. The Morgan fingerprint density at radius 1 is 1.17 bits per heavy atom. The summed E-state index contributed by atoms with van der Waals surface area (Å²) in [5.41, 5.74) is 2.64. The van der Waals surface area contributed by atoms with Gasteiger partial charge in [-0.05, 0) is 62.7 Å². The molecule has 0 spiro atoms. The maximum Gasteiger partial charge on any atom is 0.241 e. The van der Waals surface area contributed by atoms with Crippen LogP contribution in [-0.2, 0) is 11.3 Å². The second kappa shape index (κ2) is 8.84. The Kier molecular flexibility index (Phi) is 5.81. The molecule has 1 saturated heterocycles. The smallest absolute Gasteiger partial charge is 0.241 e. The van der Waals surface area contributed by atoms with Gasteiger partial charge in [-0.2, -0.15) is 0 Å². The zero-order valence-corrected chi connectivity index (χ0v) is 16.4. The number of ether oxygens (including phenoxy) is 1. The topological polar surface area (TPSA) is 67.4 Å². The van der Waals surface area contributed by atoms with E-state index in [2.05, 4.69) is 20.2 Å². The van der Waals surface area contributed by atoms with Crippen LogP contribution in [0.4, 0.5) is 5.69 Å². The van der Waals surface area contributed by atoms with E-state index >= 15 is 0 Å². The third-order valence-electron chi connectivity index (χ3n) is 4.98. The van der Waals surface area contributed by atoms with Crippen molar-refractivity contribution in [2.24, 2.45) is 0 Å². The number of amides is 1. The summed E-state index contributed by atoms with van der Waals surface area (Å²) in [5.74, 6) is 1.21. The molecule has 1 aliphatic rings. The Balaban J connectivity index is 1.46. The van der Waals surface area contributed by atoms with Gasteiger partial charge < -0.3 is 10.1 Å². The van der Waals surface area contributed by atoms with E-state index in [0.29, 0.717) is 23.7 Å². The lowest BCUT2D eigenvalue weighted by Crippen LogP contribution is -2.39. The summed E-state index contributed by atoms with van der Waals surface area (Å²) in [6.07, 6.45) is 5.17. The SMILES string of the molecule is Cc1cccc(CN2CCCC2C(=O)Nc2ccccc2Oc2cccnc2)n1. The fourth-order valence-corrected chi connectivity index (χ4v) is 3.62. The minimum Gasteiger partial charge on any atom is -0.454 e. The van der Waals surface area contributed by atoms with Gasteiger partial charge in [0.1, 0.15) is 5.75 Å². The van der Waals surface area contributed by atoms with Crippen LogP contribution in [0.25, 0.3) is 0 Å². The van der Waals surface area contributed by atoms with Gasteiger partial charge in [0.2, 0.25) is 5.91 Å². The largest absolute Gasteiger partial charge is 0.454 e. The Hall–Kier alpha value is -3.25. The lowest BCUT2D eigenvalue weighted by Gasteiger charge is -2.24. The van der Waals surface area contributed by atoms with E-state index in [1.54, 1.807) is 12.4 Å². The molecule has 6 heteroatoms. The molecule has 1 aromatic carbocycles. The molecule has 1 unspecified atom stereocenters. The highest BCUT2D eigenvalue weighted by atomic mass is 16.5. The Morgan fingerprint density at radius 3 is 2.90 bits per heavy atom. The fourth-order valence-electron chi connectivity index (χ4n) is 3.62. The molecule has 1 aliphatic heterocycles. The van der Waals surface area contributed by atoms with Crippen molar-refractivity contribution < 1.29 is 9.53 Å². The predicted molar refractivity (Wildman–Crippen MR) is 112 cm³/mol. The predicted octanol–water partition coefficient (Wildman–Crippen LogP) is 4.18. The molecule has 1 fully saturated rings. The zero-order chi connectivity index (χ0) is 20.1. The number of nitrogens with zero attached hydrogens (tertiary/aromatic N) is 3. The summed E-state index contributed by atoms with van der Waals surface area (Å²) >= 11 is 0. The molecule has 148 valence electrons. The molecule has 3 heterocycles. The van der Waals surface area contributed by atoms with E-state index in [-0.39, 0.29) is 11.9 Å². The van der Waals surface area contributed by atoms with Crippen molar-refractivity contribution in [1.82, 2.24) is 14.9 Å². The molecule has 1 atom stereocenters. The summed E-state index contributed by atoms with van der Waals surface area (Å²) < 4.78 is 5.91. The molecule has 3 aromatic rings. The van der Waals surface area contributed by atoms with E-state index in [0.717, 1.165) is 30.8 Å². The highest BCUT2D eigenvalue weighted by molar-refractivity contribution is 5.96. The quantitative estimate of drug-likeness (QED) is 0.686. The van der Waals surface area contributed by atoms with Crippen molar-refractivity contribution in [3.8, 4) is 11.5 Å². The van der Waals surface area contributed by atoms with Gasteiger partial charge in [0.25, 0.3) is 0 Å². The molecular formula is C23H24N4O2. The molecule has 2 aromatic heterocycles. The molecule has 0 saturated carbocycles. The molecule has 1 amide bonds. The summed E-state index contributed by atoms with van der Waals surface area (Å²) in [4.78, 5) is 23.9. The number of pyridine rings is 2. The van der Waals surface area contributed by atoms with E-state index in [4.69, 9.17) is 4.74 Å². The standard InChI is InChI=1S/C23H24N4O2/c1-17-7-4-8-18(25-17)16-27-14-6-11-21(27)23(28)26-20-10-2-3-12-22(20)29-19-9-5-13-24-15-19/h2-5,7-10,12-13,15,21H,6,11,14,16H2,1H3,(H,26,28). The highest BCUT2D eigenvalue weighted by Gasteiger charge is 2.31. The van der Waals surface area contributed by atoms with Gasteiger partial charge in [-0.1, -0.05) is 18.2 Å². The van der Waals surface area contributed by atoms with Crippen LogP contribution >= 0.6 is 0 Å². The monoisotopic (exact) mass is 388 g/mol. The molecule has 29 heavy (non-hydrogen) atoms. The maximum atomic E-state index is 13.0. The number of hydrogen-bond donors (Lipinski definition) is 1. The van der Waals surface area contributed by atoms with Crippen molar-refractivity contribution in [3.63, 3.8) is 0 Å². The molecule has 0 aliphatic carbocycles. The number of hydrogen-bond acceptors (Lipinski definition) is 5. The van der Waals surface area contributed by atoms with Crippen molar-refractivity contribution in [1.29, 1.82) is 0 Å². The third kappa shape index (κ3) is 4.78. The molecule has 4 rings (SSSR count). The van der Waals surface area contributed by atoms with Gasteiger partial charge in [0.05, 0.1) is 23.6 Å². The van der Waals surface area contributed by atoms with Crippen LogP contribution in [0.1, 0.15) is 24.2 Å². The van der Waals surface area contributed by atoms with Crippen LogP contribution in [0.5, 0.6) is 11.5 Å². The molecule has 0 bridgehead atoms. The van der Waals surface area contributed by atoms with E-state index in [1.165, 1.54) is 0 Å². The van der Waals surface area contributed by atoms with Gasteiger partial charge in [-0.15, -0.1) is 0 Å². The van der Waals surface area contributed by atoms with Crippen LogP contribution in [0.2, 0.25) is 0 Å². The van der Waals surface area contributed by atoms with E-state index < -0.39 is 0 Å². The molecule has 1 N–H and O–H groups in total. The minimum atomic E-state index is -0.177. The summed E-state index contributed by atoms with van der Waals surface area (Å²) in [6, 6.07) is 16.9. The Bertz CT molecular complexity index is 977. The number of anilines is 1. The molecule has 6 nitrogen and oxygen atoms in total. The van der Waals surface area contributed by atoms with Gasteiger partial charge in [-0.3, -0.25) is 19.7 Å². The number of aromatic nitrogens is 2. The van der Waals surface area contributed by atoms with E-state index in [1.807, 2.05) is 61.5 Å². The number of likely N-dealkylation sites (tertiary alicyclic amines) is 1. The average molecular weight is 388 g/mol. The van der Waals surface area contributed by atoms with Gasteiger partial charge in [-0.25, -0.2) is 0 Å². The number of carbonyl (C=O) groups excluding carboxylic acids is 1. The lowest BCUT2D eigenvalue weighted by atomic mass is 10.2. The average Bonchev–Trinajstić information content (AvgIpc) is 3.18. The lowest BCUT2D eigenvalue weighted by molar-refractivity contribution is -0.120. The number of aryl methyl sites for hydroxylation is 1. The second-order valence-electron chi connectivity index (χ2n) is 7.18. The normalized spacial score (nSPS) is 16.5. The van der Waals surface area contributed by atoms with Gasteiger partial charge >= 0.3 is 0 Å². The fraction of sp³-hybridized carbons (Fsp3) is 0.261. The Labute approximate surface area is 170 Å². The number of rotatable bonds is 6. The summed E-state index contributed by atoms with van der Waals surface area (Å²) in [6.45, 7) is 3.55. The molecular weight excluding hydrogens is 364 g/mol. The summed E-state index contributed by atoms with van der Waals surface area (Å²) in [7, 11) is 0. The first-order chi connectivity index (χ1) is 14.2. The number of carbonyl (C=O) groups is 1. The number of para-hydroxylation sites is 2. The third-order valence-corrected chi connectivity index (χ3v) is 4.98. The minimum absolute atomic E-state index is 0.0163. The van der Waals surface area contributed by atoms with Crippen molar-refractivity contribution in [2.75, 3.05) is 11.9 Å². The van der Waals surface area contributed by atoms with Crippen molar-refractivity contribution >= 4 is 11.6 Å². The van der Waals surface area contributed by atoms with Gasteiger partial charge in [0.15, 0.2) is 5.75 Å². The summed E-state index contributed by atoms with van der Waals surface area (Å²) in [5, 5.41) is 3.05. The van der Waals surface area contributed by atoms with Crippen LogP contribution in [0.15, 0.2) is 67.0 Å². The number of benzene rings is 1. The van der Waals surface area contributed by atoms with Crippen LogP contribution in [0.3, 0.4) is 0 Å². The van der Waals surface area contributed by atoms with Crippen LogP contribution < -0.4 is 10.1 Å². The first-order valence-electron chi connectivity index (χ1n) is 9.83. The highest BCUT2D eigenvalue weighted by Crippen LogP contribution is 2.30. The zero-order valence-electron chi connectivity index (χ0n) is 16.4. The van der Waals surface area contributed by atoms with Crippen LogP contribution in [0, 0.1) is 6.92 Å². The van der Waals surface area contributed by atoms with Crippen molar-refractivity contribution in [3.05, 3.63) is 78.4 Å². The Morgan fingerprint density at radius 2 is 2.07 bits per heavy atom.